The molecule has 0 radical (unpaired) electrons. The average Bonchev–Trinajstić information content (AvgIpc) is 2.63. The summed E-state index contributed by atoms with van der Waals surface area (Å²) in [6.45, 7) is 0.715. The van der Waals surface area contributed by atoms with Gasteiger partial charge in [-0.2, -0.15) is 0 Å². The predicted molar refractivity (Wildman–Crippen MR) is 40.7 cm³/mol. The zero-order chi connectivity index (χ0) is 9.31. The molecular formula is C8H10O5. The fourth-order valence-electron chi connectivity index (χ4n) is 1.24. The lowest BCUT2D eigenvalue weighted by Gasteiger charge is -2.30. The lowest BCUT2D eigenvalue weighted by Crippen LogP contribution is -2.46. The van der Waals surface area contributed by atoms with E-state index in [-0.39, 0.29) is 12.4 Å². The van der Waals surface area contributed by atoms with Crippen LogP contribution in [0.4, 0.5) is 0 Å². The zero-order valence-corrected chi connectivity index (χ0v) is 6.93. The van der Waals surface area contributed by atoms with Crippen molar-refractivity contribution >= 4 is 5.78 Å². The topological polar surface area (TPSA) is 65.0 Å². The van der Waals surface area contributed by atoms with Gasteiger partial charge in [-0.15, -0.1) is 0 Å². The van der Waals surface area contributed by atoms with E-state index in [0.29, 0.717) is 13.2 Å². The van der Waals surface area contributed by atoms with Crippen LogP contribution < -0.4 is 0 Å². The number of carbonyl (C=O) groups excluding carboxylic acids is 1. The van der Waals surface area contributed by atoms with Crippen molar-refractivity contribution in [2.24, 2.45) is 0 Å². The van der Waals surface area contributed by atoms with E-state index in [1.54, 1.807) is 0 Å². The summed E-state index contributed by atoms with van der Waals surface area (Å²) >= 11 is 0. The minimum Gasteiger partial charge on any atom is -0.358 e. The van der Waals surface area contributed by atoms with Crippen molar-refractivity contribution in [3.8, 4) is 0 Å². The maximum absolute atomic E-state index is 10.8. The summed E-state index contributed by atoms with van der Waals surface area (Å²) in [5, 5.41) is 9.78. The maximum Gasteiger partial charge on any atom is 0.239 e. The van der Waals surface area contributed by atoms with Crippen molar-refractivity contribution in [3.63, 3.8) is 0 Å². The van der Waals surface area contributed by atoms with Crippen molar-refractivity contribution in [1.82, 2.24) is 0 Å². The second-order valence-electron chi connectivity index (χ2n) is 2.91. The highest BCUT2D eigenvalue weighted by atomic mass is 16.8. The monoisotopic (exact) mass is 186 g/mol. The van der Waals surface area contributed by atoms with Crippen LogP contribution in [0.3, 0.4) is 0 Å². The number of hydrogen-bond acceptors (Lipinski definition) is 5. The molecule has 1 fully saturated rings. The van der Waals surface area contributed by atoms with Crippen LogP contribution in [0.1, 0.15) is 0 Å². The van der Waals surface area contributed by atoms with Gasteiger partial charge in [-0.05, 0) is 12.2 Å². The van der Waals surface area contributed by atoms with Crippen LogP contribution in [-0.4, -0.2) is 42.8 Å². The summed E-state index contributed by atoms with van der Waals surface area (Å²) < 4.78 is 15.1. The van der Waals surface area contributed by atoms with E-state index in [4.69, 9.17) is 14.2 Å². The van der Waals surface area contributed by atoms with Gasteiger partial charge in [-0.1, -0.05) is 0 Å². The average molecular weight is 186 g/mol. The van der Waals surface area contributed by atoms with Gasteiger partial charge in [0, 0.05) is 0 Å². The third kappa shape index (κ3) is 1.64. The Hall–Kier alpha value is -0.750. The molecule has 5 nitrogen and oxygen atoms in total. The lowest BCUT2D eigenvalue weighted by atomic mass is 10.2. The highest BCUT2D eigenvalue weighted by molar-refractivity contribution is 5.91. The molecule has 1 atom stereocenters. The number of hydrogen-bond donors (Lipinski definition) is 1. The molecule has 1 N–H and O–H groups in total. The summed E-state index contributed by atoms with van der Waals surface area (Å²) in [6, 6.07) is 0. The molecule has 2 aliphatic rings. The van der Waals surface area contributed by atoms with Crippen molar-refractivity contribution in [2.45, 2.75) is 12.1 Å². The Labute approximate surface area is 74.9 Å². The summed E-state index contributed by atoms with van der Waals surface area (Å²) in [7, 11) is 0. The molecule has 0 spiro atoms. The Bertz CT molecular complexity index is 243. The first-order valence-electron chi connectivity index (χ1n) is 4.02. The van der Waals surface area contributed by atoms with Crippen LogP contribution in [0.15, 0.2) is 12.2 Å². The molecule has 0 bridgehead atoms. The molecule has 1 saturated heterocycles. The largest absolute Gasteiger partial charge is 0.358 e. The Balaban J connectivity index is 2.11. The first-order chi connectivity index (χ1) is 6.21. The zero-order valence-electron chi connectivity index (χ0n) is 6.93. The highest BCUT2D eigenvalue weighted by Crippen LogP contribution is 2.24. The third-order valence-corrected chi connectivity index (χ3v) is 1.91. The molecule has 0 aliphatic carbocycles. The molecule has 13 heavy (non-hydrogen) atoms. The minimum absolute atomic E-state index is 0.143. The molecule has 0 unspecified atom stereocenters. The SMILES string of the molecule is O=C1C=C[C@](O)(C2OCCO2)OC1. The Morgan fingerprint density at radius 3 is 2.69 bits per heavy atom. The smallest absolute Gasteiger partial charge is 0.239 e. The Morgan fingerprint density at radius 2 is 2.15 bits per heavy atom. The first kappa shape index (κ1) is 8.83. The fourth-order valence-corrected chi connectivity index (χ4v) is 1.24. The molecule has 0 aromatic carbocycles. The van der Waals surface area contributed by atoms with Gasteiger partial charge in [0.2, 0.25) is 12.1 Å². The van der Waals surface area contributed by atoms with E-state index in [1.165, 1.54) is 12.2 Å². The van der Waals surface area contributed by atoms with Gasteiger partial charge in [-0.3, -0.25) is 4.79 Å². The number of rotatable bonds is 1. The molecule has 0 aromatic heterocycles. The Kier molecular flexibility index (Phi) is 2.17. The van der Waals surface area contributed by atoms with Gasteiger partial charge in [0.15, 0.2) is 5.78 Å². The van der Waals surface area contributed by atoms with Crippen LogP contribution >= 0.6 is 0 Å². The molecule has 0 saturated carbocycles. The normalized spacial score (nSPS) is 35.6. The van der Waals surface area contributed by atoms with Crippen LogP contribution in [0.2, 0.25) is 0 Å². The van der Waals surface area contributed by atoms with E-state index in [0.717, 1.165) is 0 Å². The van der Waals surface area contributed by atoms with E-state index in [2.05, 4.69) is 0 Å². The predicted octanol–water partition coefficient (Wildman–Crippen LogP) is -0.797. The number of carbonyl (C=O) groups is 1. The molecule has 2 rings (SSSR count). The number of aliphatic hydroxyl groups is 1. The summed E-state index contributed by atoms with van der Waals surface area (Å²) in [5.41, 5.74) is 0. The van der Waals surface area contributed by atoms with Gasteiger partial charge < -0.3 is 19.3 Å². The Morgan fingerprint density at radius 1 is 1.46 bits per heavy atom. The van der Waals surface area contributed by atoms with Crippen LogP contribution in [0.25, 0.3) is 0 Å². The lowest BCUT2D eigenvalue weighted by molar-refractivity contribution is -0.279. The van der Waals surface area contributed by atoms with Crippen LogP contribution in [-0.2, 0) is 19.0 Å². The second kappa shape index (κ2) is 3.19. The third-order valence-electron chi connectivity index (χ3n) is 1.91. The quantitative estimate of drug-likeness (QED) is 0.581. The van der Waals surface area contributed by atoms with Crippen molar-refractivity contribution in [3.05, 3.63) is 12.2 Å². The van der Waals surface area contributed by atoms with E-state index < -0.39 is 12.1 Å². The van der Waals surface area contributed by atoms with E-state index >= 15 is 0 Å². The van der Waals surface area contributed by atoms with Gasteiger partial charge in [0.05, 0.1) is 13.2 Å². The molecule has 0 amide bonds. The molecule has 5 heteroatoms. The molecule has 72 valence electrons. The van der Waals surface area contributed by atoms with Crippen molar-refractivity contribution < 1.29 is 24.1 Å². The highest BCUT2D eigenvalue weighted by Gasteiger charge is 2.42. The van der Waals surface area contributed by atoms with Gasteiger partial charge in [-0.25, -0.2) is 0 Å². The summed E-state index contributed by atoms with van der Waals surface area (Å²) in [4.78, 5) is 10.8. The number of ether oxygens (including phenoxy) is 3. The van der Waals surface area contributed by atoms with Crippen molar-refractivity contribution in [2.75, 3.05) is 19.8 Å². The molecule has 2 heterocycles. The van der Waals surface area contributed by atoms with Gasteiger partial charge in [0.1, 0.15) is 6.61 Å². The molecule has 0 aromatic rings. The standard InChI is InChI=1S/C8H10O5/c9-6-1-2-8(10,13-5-6)7-11-3-4-12-7/h1-2,7,10H,3-5H2/t8-/m1/s1. The number of ketones is 1. The summed E-state index contributed by atoms with van der Waals surface area (Å²) in [5.74, 6) is -1.78. The van der Waals surface area contributed by atoms with Crippen LogP contribution in [0, 0.1) is 0 Å². The van der Waals surface area contributed by atoms with Crippen molar-refractivity contribution in [1.29, 1.82) is 0 Å². The van der Waals surface area contributed by atoms with Crippen LogP contribution in [0.5, 0.6) is 0 Å². The first-order valence-corrected chi connectivity index (χ1v) is 4.02. The molecule has 2 aliphatic heterocycles. The van der Waals surface area contributed by atoms with E-state index in [1.807, 2.05) is 0 Å². The maximum atomic E-state index is 10.8. The van der Waals surface area contributed by atoms with Gasteiger partial charge in [0.25, 0.3) is 0 Å². The second-order valence-corrected chi connectivity index (χ2v) is 2.91. The van der Waals surface area contributed by atoms with Gasteiger partial charge >= 0.3 is 0 Å². The summed E-state index contributed by atoms with van der Waals surface area (Å²) in [6.07, 6.45) is 1.71. The minimum atomic E-state index is -1.61. The van der Waals surface area contributed by atoms with E-state index in [9.17, 15) is 9.90 Å². The fraction of sp³-hybridized carbons (Fsp3) is 0.625. The molecular weight excluding hydrogens is 176 g/mol.